The predicted octanol–water partition coefficient (Wildman–Crippen LogP) is -0.763. The minimum atomic E-state index is -3.36. The number of alkyl halides is 1. The van der Waals surface area contributed by atoms with Crippen molar-refractivity contribution in [2.24, 2.45) is 5.73 Å². The zero-order valence-electron chi connectivity index (χ0n) is 4.67. The number of carbonyl (C=O) groups excluding carboxylic acids is 1. The van der Waals surface area contributed by atoms with Crippen LogP contribution in [0.1, 0.15) is 0 Å². The summed E-state index contributed by atoms with van der Waals surface area (Å²) in [7, 11) is -3.36. The van der Waals surface area contributed by atoms with E-state index in [1.165, 1.54) is 0 Å². The predicted molar refractivity (Wildman–Crippen MR) is 36.8 cm³/mol. The minimum Gasteiger partial charge on any atom is -0.368 e. The average molecular weight is 216 g/mol. The zero-order chi connectivity index (χ0) is 7.65. The van der Waals surface area contributed by atoms with Crippen LogP contribution in [-0.2, 0) is 14.6 Å². The summed E-state index contributed by atoms with van der Waals surface area (Å²) in [4.78, 5) is 10.1. The van der Waals surface area contributed by atoms with Crippen molar-refractivity contribution in [1.82, 2.24) is 0 Å². The van der Waals surface area contributed by atoms with Crippen LogP contribution in [0.3, 0.4) is 0 Å². The molecular weight excluding hydrogens is 210 g/mol. The van der Waals surface area contributed by atoms with Crippen LogP contribution in [0.4, 0.5) is 0 Å². The highest BCUT2D eigenvalue weighted by atomic mass is 79.9. The minimum absolute atomic E-state index is 0.891. The Balaban J connectivity index is 4.43. The number of rotatable bonds is 2. The number of hydrogen-bond acceptors (Lipinski definition) is 3. The van der Waals surface area contributed by atoms with E-state index in [0.717, 1.165) is 6.26 Å². The summed E-state index contributed by atoms with van der Waals surface area (Å²) in [6, 6.07) is 0. The smallest absolute Gasteiger partial charge is 0.246 e. The van der Waals surface area contributed by atoms with Crippen LogP contribution in [0.25, 0.3) is 0 Å². The molecular formula is C3H6BrNO3S. The normalized spacial score (nSPS) is 14.9. The number of carbonyl (C=O) groups is 1. The maximum atomic E-state index is 10.4. The quantitative estimate of drug-likeness (QED) is 0.616. The van der Waals surface area contributed by atoms with Gasteiger partial charge in [-0.05, 0) is 0 Å². The maximum absolute atomic E-state index is 10.4. The number of sulfone groups is 1. The van der Waals surface area contributed by atoms with E-state index in [1.54, 1.807) is 0 Å². The third kappa shape index (κ3) is 2.81. The second-order valence-corrected chi connectivity index (χ2v) is 5.20. The van der Waals surface area contributed by atoms with Gasteiger partial charge < -0.3 is 5.73 Å². The molecule has 54 valence electrons. The van der Waals surface area contributed by atoms with Gasteiger partial charge in [-0.1, -0.05) is 15.9 Å². The maximum Gasteiger partial charge on any atom is 0.246 e. The largest absolute Gasteiger partial charge is 0.368 e. The topological polar surface area (TPSA) is 77.2 Å². The van der Waals surface area contributed by atoms with Gasteiger partial charge in [0, 0.05) is 6.26 Å². The molecule has 0 bridgehead atoms. The van der Waals surface area contributed by atoms with Gasteiger partial charge in [-0.25, -0.2) is 8.42 Å². The highest BCUT2D eigenvalue weighted by Gasteiger charge is 2.22. The first-order valence-electron chi connectivity index (χ1n) is 1.98. The van der Waals surface area contributed by atoms with Crippen molar-refractivity contribution >= 4 is 31.7 Å². The van der Waals surface area contributed by atoms with E-state index >= 15 is 0 Å². The lowest BCUT2D eigenvalue weighted by molar-refractivity contribution is -0.116. The zero-order valence-corrected chi connectivity index (χ0v) is 7.07. The number of amides is 1. The van der Waals surface area contributed by atoms with Crippen molar-refractivity contribution in [2.75, 3.05) is 6.26 Å². The molecule has 1 amide bonds. The number of primary amides is 1. The number of hydrogen-bond donors (Lipinski definition) is 1. The molecule has 0 aromatic rings. The molecule has 0 rings (SSSR count). The summed E-state index contributed by atoms with van der Waals surface area (Å²) >= 11 is 2.60. The Morgan fingerprint density at radius 1 is 1.67 bits per heavy atom. The molecule has 0 aliphatic rings. The Labute approximate surface area is 61.5 Å². The highest BCUT2D eigenvalue weighted by Crippen LogP contribution is 2.05. The fraction of sp³-hybridized carbons (Fsp3) is 0.667. The second kappa shape index (κ2) is 2.66. The molecule has 2 N–H and O–H groups in total. The van der Waals surface area contributed by atoms with Gasteiger partial charge in [-0.3, -0.25) is 4.79 Å². The van der Waals surface area contributed by atoms with E-state index in [9.17, 15) is 13.2 Å². The van der Waals surface area contributed by atoms with Crippen LogP contribution >= 0.6 is 15.9 Å². The summed E-state index contributed by atoms with van der Waals surface area (Å²) in [5.74, 6) is -0.891. The molecule has 0 saturated heterocycles. The van der Waals surface area contributed by atoms with E-state index in [2.05, 4.69) is 21.7 Å². The fourth-order valence-electron chi connectivity index (χ4n) is 0.211. The molecule has 0 saturated carbocycles. The van der Waals surface area contributed by atoms with Gasteiger partial charge in [0.25, 0.3) is 0 Å². The summed E-state index contributed by atoms with van der Waals surface area (Å²) in [6.45, 7) is 0. The first-order valence-corrected chi connectivity index (χ1v) is 4.85. The molecule has 1 unspecified atom stereocenters. The van der Waals surface area contributed by atoms with Crippen molar-refractivity contribution in [3.05, 3.63) is 0 Å². The Kier molecular flexibility index (Phi) is 2.63. The second-order valence-electron chi connectivity index (χ2n) is 1.55. The summed E-state index contributed by atoms with van der Waals surface area (Å²) in [6.07, 6.45) is 0.928. The molecule has 0 fully saturated rings. The van der Waals surface area contributed by atoms with Gasteiger partial charge in [-0.2, -0.15) is 0 Å². The van der Waals surface area contributed by atoms with Crippen LogP contribution in [0.5, 0.6) is 0 Å². The van der Waals surface area contributed by atoms with Crippen LogP contribution in [-0.4, -0.2) is 24.7 Å². The molecule has 0 aliphatic heterocycles. The van der Waals surface area contributed by atoms with Crippen molar-refractivity contribution < 1.29 is 13.2 Å². The van der Waals surface area contributed by atoms with Crippen molar-refractivity contribution in [2.45, 2.75) is 4.16 Å². The molecule has 0 aliphatic carbocycles. The van der Waals surface area contributed by atoms with E-state index in [-0.39, 0.29) is 0 Å². The molecule has 0 spiro atoms. The molecule has 0 aromatic heterocycles. The third-order valence-electron chi connectivity index (χ3n) is 0.600. The van der Waals surface area contributed by atoms with Crippen molar-refractivity contribution in [3.8, 4) is 0 Å². The fourth-order valence-corrected chi connectivity index (χ4v) is 0.633. The third-order valence-corrected chi connectivity index (χ3v) is 4.07. The van der Waals surface area contributed by atoms with Gasteiger partial charge in [0.2, 0.25) is 5.91 Å². The lowest BCUT2D eigenvalue weighted by atomic mass is 10.8. The first kappa shape index (κ1) is 8.90. The van der Waals surface area contributed by atoms with Crippen LogP contribution < -0.4 is 5.73 Å². The Morgan fingerprint density at radius 3 is 2.00 bits per heavy atom. The van der Waals surface area contributed by atoms with Crippen molar-refractivity contribution in [1.29, 1.82) is 0 Å². The van der Waals surface area contributed by atoms with Crippen LogP contribution in [0, 0.1) is 0 Å². The van der Waals surface area contributed by atoms with Crippen LogP contribution in [0.15, 0.2) is 0 Å². The average Bonchev–Trinajstić information content (AvgIpc) is 1.62. The number of halogens is 1. The lowest BCUT2D eigenvalue weighted by Crippen LogP contribution is -2.29. The van der Waals surface area contributed by atoms with Crippen molar-refractivity contribution in [3.63, 3.8) is 0 Å². The Bertz CT molecular complexity index is 209. The molecule has 4 nitrogen and oxygen atoms in total. The first-order chi connectivity index (χ1) is 3.85. The van der Waals surface area contributed by atoms with Gasteiger partial charge in [0.05, 0.1) is 0 Å². The highest BCUT2D eigenvalue weighted by molar-refractivity contribution is 9.11. The molecule has 0 aromatic carbocycles. The van der Waals surface area contributed by atoms with Gasteiger partial charge in [0.15, 0.2) is 14.0 Å². The SMILES string of the molecule is CS(=O)(=O)C(Br)C(N)=O. The Morgan fingerprint density at radius 2 is 2.00 bits per heavy atom. The number of nitrogens with two attached hydrogens (primary N) is 1. The van der Waals surface area contributed by atoms with E-state index < -0.39 is 19.9 Å². The summed E-state index contributed by atoms with van der Waals surface area (Å²) in [5.41, 5.74) is 4.66. The summed E-state index contributed by atoms with van der Waals surface area (Å²) in [5, 5.41) is 0. The van der Waals surface area contributed by atoms with E-state index in [4.69, 9.17) is 0 Å². The van der Waals surface area contributed by atoms with Gasteiger partial charge >= 0.3 is 0 Å². The molecule has 0 heterocycles. The molecule has 6 heteroatoms. The molecule has 0 radical (unpaired) electrons. The molecule has 1 atom stereocenters. The Hall–Kier alpha value is -0.100. The standard InChI is InChI=1S/C3H6BrNO3S/c1-9(7,8)2(4)3(5)6/h2H,1H3,(H2,5,6). The van der Waals surface area contributed by atoms with E-state index in [1.807, 2.05) is 0 Å². The summed E-state index contributed by atoms with van der Waals surface area (Å²) < 4.78 is 19.6. The van der Waals surface area contributed by atoms with Crippen LogP contribution in [0.2, 0.25) is 0 Å². The van der Waals surface area contributed by atoms with Gasteiger partial charge in [0.1, 0.15) is 0 Å². The van der Waals surface area contributed by atoms with E-state index in [0.29, 0.717) is 0 Å². The van der Waals surface area contributed by atoms with Gasteiger partial charge in [-0.15, -0.1) is 0 Å². The lowest BCUT2D eigenvalue weighted by Gasteiger charge is -1.99. The monoisotopic (exact) mass is 215 g/mol. The molecule has 9 heavy (non-hydrogen) atoms.